The van der Waals surface area contributed by atoms with Crippen LogP contribution in [0.15, 0.2) is 11.6 Å². The number of rotatable bonds is 0. The van der Waals surface area contributed by atoms with Crippen molar-refractivity contribution in [1.29, 1.82) is 0 Å². The van der Waals surface area contributed by atoms with Gasteiger partial charge < -0.3 is 10.2 Å². The van der Waals surface area contributed by atoms with Gasteiger partial charge >= 0.3 is 0 Å². The molecule has 0 spiro atoms. The van der Waals surface area contributed by atoms with E-state index in [9.17, 15) is 15.0 Å². The lowest BCUT2D eigenvalue weighted by Gasteiger charge is -2.59. The zero-order valence-electron chi connectivity index (χ0n) is 18.0. The van der Waals surface area contributed by atoms with Gasteiger partial charge in [0.2, 0.25) is 0 Å². The summed E-state index contributed by atoms with van der Waals surface area (Å²) in [7, 11) is 0. The molecule has 0 aliphatic heterocycles. The van der Waals surface area contributed by atoms with Crippen LogP contribution in [-0.4, -0.2) is 27.7 Å². The van der Waals surface area contributed by atoms with Crippen LogP contribution in [0.25, 0.3) is 0 Å². The average Bonchev–Trinajstić information content (AvgIpc) is 2.77. The normalized spacial score (nSPS) is 59.4. The number of Topliss-reactive ketones (excluding diaryl/α,β-unsaturated/α-hetero) is 1. The molecule has 2 N–H and O–H groups in total. The third kappa shape index (κ3) is 1.89. The summed E-state index contributed by atoms with van der Waals surface area (Å²) in [6.07, 6.45) is 5.30. The van der Waals surface area contributed by atoms with Crippen LogP contribution >= 0.6 is 0 Å². The summed E-state index contributed by atoms with van der Waals surface area (Å²) in [5, 5.41) is 21.9. The standard InChI is InChI=1S/C21H32O3/c1-12-11-19(2)13(9-17(12)22)5-6-14-15(19)7-8-20(3)16(14)10-18(23)21(20,4)24/h11,13-16,18,23-24H,5-10H2,1-4H3/t13-,14+,15-,16-,18?,19-,20-,21-/m0/s1/i4D3. The average molecular weight is 336 g/mol. The largest absolute Gasteiger partial charge is 0.390 e. The topological polar surface area (TPSA) is 57.5 Å². The number of fused-ring (bicyclic) bond motifs is 5. The van der Waals surface area contributed by atoms with Gasteiger partial charge in [-0.2, -0.15) is 0 Å². The molecule has 0 radical (unpaired) electrons. The van der Waals surface area contributed by atoms with Crippen LogP contribution in [-0.2, 0) is 4.79 Å². The molecule has 3 saturated carbocycles. The maximum Gasteiger partial charge on any atom is 0.158 e. The van der Waals surface area contributed by atoms with Crippen LogP contribution in [0.3, 0.4) is 0 Å². The number of carbonyl (C=O) groups is 1. The van der Waals surface area contributed by atoms with E-state index in [1.54, 1.807) is 0 Å². The van der Waals surface area contributed by atoms with Gasteiger partial charge in [0.15, 0.2) is 5.78 Å². The van der Waals surface area contributed by atoms with Crippen LogP contribution in [0.5, 0.6) is 0 Å². The fourth-order valence-electron chi connectivity index (χ4n) is 6.97. The third-order valence-corrected chi connectivity index (χ3v) is 8.58. The predicted octanol–water partition coefficient (Wildman–Crippen LogP) is 3.49. The van der Waals surface area contributed by atoms with E-state index in [-0.39, 0.29) is 23.0 Å². The van der Waals surface area contributed by atoms with E-state index in [0.29, 0.717) is 31.1 Å². The Balaban J connectivity index is 1.74. The molecule has 3 fully saturated rings. The Morgan fingerprint density at radius 2 is 2.00 bits per heavy atom. The Morgan fingerprint density at radius 3 is 2.71 bits per heavy atom. The van der Waals surface area contributed by atoms with Gasteiger partial charge in [-0.15, -0.1) is 0 Å². The minimum Gasteiger partial charge on any atom is -0.390 e. The van der Waals surface area contributed by atoms with Crippen LogP contribution < -0.4 is 0 Å². The number of aliphatic hydroxyl groups excluding tert-OH is 1. The molecule has 0 aromatic heterocycles. The molecule has 8 atom stereocenters. The highest BCUT2D eigenvalue weighted by molar-refractivity contribution is 5.96. The van der Waals surface area contributed by atoms with E-state index in [0.717, 1.165) is 24.8 Å². The summed E-state index contributed by atoms with van der Waals surface area (Å²) in [6, 6.07) is 0. The van der Waals surface area contributed by atoms with E-state index >= 15 is 0 Å². The van der Waals surface area contributed by atoms with Crippen molar-refractivity contribution >= 4 is 5.78 Å². The number of allylic oxidation sites excluding steroid dienone is 2. The van der Waals surface area contributed by atoms with Gasteiger partial charge in [-0.3, -0.25) is 4.79 Å². The maximum atomic E-state index is 12.2. The van der Waals surface area contributed by atoms with Gasteiger partial charge in [-0.05, 0) is 80.5 Å². The van der Waals surface area contributed by atoms with E-state index in [1.165, 1.54) is 0 Å². The fourth-order valence-corrected chi connectivity index (χ4v) is 6.97. The molecule has 0 bridgehead atoms. The van der Waals surface area contributed by atoms with Crippen molar-refractivity contribution in [2.24, 2.45) is 34.5 Å². The lowest BCUT2D eigenvalue weighted by Crippen LogP contribution is -2.56. The van der Waals surface area contributed by atoms with Crippen LogP contribution in [0.1, 0.15) is 70.3 Å². The SMILES string of the molecule is [2H]C([2H])([2H])[C@]1(O)C(O)C[C@H]2[C@@H]3CC[C@H]4CC(=O)C(C)=C[C@]4(C)[C@H]3CC[C@@]21C. The molecule has 4 rings (SSSR count). The smallest absolute Gasteiger partial charge is 0.158 e. The number of ketones is 1. The zero-order chi connectivity index (χ0) is 20.0. The molecule has 0 aromatic rings. The quantitative estimate of drug-likeness (QED) is 0.712. The van der Waals surface area contributed by atoms with Gasteiger partial charge in [0, 0.05) is 15.9 Å². The molecular formula is C21H32O3. The van der Waals surface area contributed by atoms with Gasteiger partial charge in [0.05, 0.1) is 11.7 Å². The third-order valence-electron chi connectivity index (χ3n) is 8.58. The van der Waals surface area contributed by atoms with Crippen molar-refractivity contribution in [1.82, 2.24) is 0 Å². The summed E-state index contributed by atoms with van der Waals surface area (Å²) in [6.45, 7) is 3.47. The molecule has 0 amide bonds. The van der Waals surface area contributed by atoms with Gasteiger partial charge in [0.25, 0.3) is 0 Å². The zero-order valence-corrected chi connectivity index (χ0v) is 15.0. The minimum atomic E-state index is -2.60. The Morgan fingerprint density at radius 1 is 1.25 bits per heavy atom. The Labute approximate surface area is 149 Å². The van der Waals surface area contributed by atoms with Gasteiger partial charge in [0.1, 0.15) is 0 Å². The summed E-state index contributed by atoms with van der Waals surface area (Å²) in [4.78, 5) is 12.2. The Kier molecular flexibility index (Phi) is 2.79. The van der Waals surface area contributed by atoms with Gasteiger partial charge in [-0.1, -0.05) is 19.9 Å². The molecule has 134 valence electrons. The second kappa shape index (κ2) is 4.94. The first kappa shape index (κ1) is 13.5. The van der Waals surface area contributed by atoms with Crippen LogP contribution in [0.4, 0.5) is 0 Å². The van der Waals surface area contributed by atoms with Crippen molar-refractivity contribution in [2.45, 2.75) is 77.9 Å². The number of carbonyl (C=O) groups excluding carboxylic acids is 1. The lowest BCUT2D eigenvalue weighted by molar-refractivity contribution is -0.151. The second-order valence-electron chi connectivity index (χ2n) is 9.45. The first-order valence-electron chi connectivity index (χ1n) is 11.0. The van der Waals surface area contributed by atoms with E-state index in [2.05, 4.69) is 13.0 Å². The fraction of sp³-hybridized carbons (Fsp3) is 0.857. The first-order chi connectivity index (χ1) is 12.4. The summed E-state index contributed by atoms with van der Waals surface area (Å²) < 4.78 is 23.8. The van der Waals surface area contributed by atoms with Crippen molar-refractivity contribution in [3.8, 4) is 0 Å². The van der Waals surface area contributed by atoms with Gasteiger partial charge in [-0.25, -0.2) is 0 Å². The molecule has 4 aliphatic carbocycles. The summed E-state index contributed by atoms with van der Waals surface area (Å²) in [5.41, 5.74) is -2.03. The molecule has 24 heavy (non-hydrogen) atoms. The minimum absolute atomic E-state index is 0.000726. The van der Waals surface area contributed by atoms with E-state index in [1.807, 2.05) is 13.8 Å². The predicted molar refractivity (Wildman–Crippen MR) is 93.3 cm³/mol. The maximum absolute atomic E-state index is 12.2. The van der Waals surface area contributed by atoms with Crippen molar-refractivity contribution in [2.75, 3.05) is 0 Å². The van der Waals surface area contributed by atoms with E-state index in [4.69, 9.17) is 4.11 Å². The number of hydrogen-bond donors (Lipinski definition) is 2. The highest BCUT2D eigenvalue weighted by Gasteiger charge is 2.65. The number of aliphatic hydroxyl groups is 2. The van der Waals surface area contributed by atoms with Crippen molar-refractivity contribution < 1.29 is 19.1 Å². The highest BCUT2D eigenvalue weighted by Crippen LogP contribution is 2.67. The number of hydrogen-bond acceptors (Lipinski definition) is 3. The molecule has 1 unspecified atom stereocenters. The molecule has 0 heterocycles. The molecular weight excluding hydrogens is 300 g/mol. The van der Waals surface area contributed by atoms with Crippen LogP contribution in [0, 0.1) is 34.5 Å². The molecule has 0 aromatic carbocycles. The van der Waals surface area contributed by atoms with Crippen molar-refractivity contribution in [3.63, 3.8) is 0 Å². The first-order valence-corrected chi connectivity index (χ1v) is 9.49. The second-order valence-corrected chi connectivity index (χ2v) is 9.45. The Hall–Kier alpha value is -0.670. The molecule has 3 heteroatoms. The highest BCUT2D eigenvalue weighted by atomic mass is 16.3. The molecule has 4 aliphatic rings. The molecule has 3 nitrogen and oxygen atoms in total. The molecule has 0 saturated heterocycles. The Bertz CT molecular complexity index is 701. The van der Waals surface area contributed by atoms with E-state index < -0.39 is 24.0 Å². The lowest BCUT2D eigenvalue weighted by atomic mass is 9.45. The monoisotopic (exact) mass is 335 g/mol. The van der Waals surface area contributed by atoms with Crippen LogP contribution in [0.2, 0.25) is 0 Å². The summed E-state index contributed by atoms with van der Waals surface area (Å²) >= 11 is 0. The summed E-state index contributed by atoms with van der Waals surface area (Å²) in [5.74, 6) is 1.27. The van der Waals surface area contributed by atoms with Crippen molar-refractivity contribution in [3.05, 3.63) is 11.6 Å².